The first-order valence-corrected chi connectivity index (χ1v) is 8.92. The molecule has 0 bridgehead atoms. The number of anilines is 1. The van der Waals surface area contributed by atoms with Crippen molar-refractivity contribution in [3.63, 3.8) is 0 Å². The van der Waals surface area contributed by atoms with Gasteiger partial charge in [0.25, 0.3) is 0 Å². The van der Waals surface area contributed by atoms with Gasteiger partial charge in [0.2, 0.25) is 0 Å². The Labute approximate surface area is 148 Å². The minimum Gasteiger partial charge on any atom is -0.376 e. The number of halogens is 1. The minimum atomic E-state index is 0.268. The summed E-state index contributed by atoms with van der Waals surface area (Å²) in [5.74, 6) is 1.66. The summed E-state index contributed by atoms with van der Waals surface area (Å²) in [6, 6.07) is 6.19. The molecule has 1 aliphatic heterocycles. The van der Waals surface area contributed by atoms with E-state index >= 15 is 0 Å². The van der Waals surface area contributed by atoms with Crippen LogP contribution in [0.2, 0.25) is 5.02 Å². The molecule has 0 aliphatic carbocycles. The molecule has 3 rings (SSSR count). The van der Waals surface area contributed by atoms with Gasteiger partial charge in [0, 0.05) is 29.6 Å². The van der Waals surface area contributed by atoms with Crippen molar-refractivity contribution in [1.82, 2.24) is 14.9 Å². The molecule has 1 aliphatic rings. The van der Waals surface area contributed by atoms with Crippen LogP contribution in [0.25, 0.3) is 10.9 Å². The lowest BCUT2D eigenvalue weighted by Crippen LogP contribution is -2.27. The van der Waals surface area contributed by atoms with Crippen LogP contribution < -0.4 is 5.32 Å². The Bertz CT molecular complexity index is 701. The molecule has 1 unspecified atom stereocenters. The Morgan fingerprint density at radius 1 is 1.38 bits per heavy atom. The van der Waals surface area contributed by atoms with Crippen LogP contribution in [-0.4, -0.2) is 47.2 Å². The first kappa shape index (κ1) is 17.4. The largest absolute Gasteiger partial charge is 0.376 e. The second kappa shape index (κ2) is 7.64. The Morgan fingerprint density at radius 3 is 2.92 bits per heavy atom. The average molecular weight is 349 g/mol. The smallest absolute Gasteiger partial charge is 0.145 e. The molecule has 0 spiro atoms. The Morgan fingerprint density at radius 2 is 2.21 bits per heavy atom. The Kier molecular flexibility index (Phi) is 5.54. The fourth-order valence-electron chi connectivity index (χ4n) is 2.78. The molecule has 2 aromatic rings. The van der Waals surface area contributed by atoms with E-state index in [2.05, 4.69) is 31.1 Å². The Balaban J connectivity index is 1.88. The topological polar surface area (TPSA) is 50.3 Å². The number of rotatable bonds is 6. The number of fused-ring (bicyclic) bond motifs is 1. The van der Waals surface area contributed by atoms with E-state index in [9.17, 15) is 0 Å². The van der Waals surface area contributed by atoms with Gasteiger partial charge in [-0.2, -0.15) is 0 Å². The quantitative estimate of drug-likeness (QED) is 0.862. The highest BCUT2D eigenvalue weighted by Gasteiger charge is 2.17. The van der Waals surface area contributed by atoms with Crippen molar-refractivity contribution in [2.45, 2.75) is 45.4 Å². The number of ether oxygens (including phenoxy) is 1. The fourth-order valence-corrected chi connectivity index (χ4v) is 2.94. The average Bonchev–Trinajstić information content (AvgIpc) is 3.05. The standard InChI is InChI=1S/C18H25ClN4O/c1-12(2)23(3)11-17-21-16-9-13(19)6-7-15(16)18(22-17)20-10-14-5-4-8-24-14/h6-7,9,12,14H,4-5,8,10-11H2,1-3H3,(H,20,21,22). The maximum absolute atomic E-state index is 6.15. The lowest BCUT2D eigenvalue weighted by atomic mass is 10.2. The molecule has 1 N–H and O–H groups in total. The van der Waals surface area contributed by atoms with Crippen molar-refractivity contribution in [2.24, 2.45) is 0 Å². The van der Waals surface area contributed by atoms with E-state index in [4.69, 9.17) is 26.3 Å². The van der Waals surface area contributed by atoms with E-state index in [1.54, 1.807) is 0 Å². The molecular weight excluding hydrogens is 324 g/mol. The van der Waals surface area contributed by atoms with Gasteiger partial charge in [-0.3, -0.25) is 4.90 Å². The summed E-state index contributed by atoms with van der Waals surface area (Å²) in [6.45, 7) is 6.66. The number of nitrogens with one attached hydrogen (secondary N) is 1. The first-order valence-electron chi connectivity index (χ1n) is 8.55. The summed E-state index contributed by atoms with van der Waals surface area (Å²) >= 11 is 6.15. The lowest BCUT2D eigenvalue weighted by Gasteiger charge is -2.21. The maximum atomic E-state index is 6.15. The third kappa shape index (κ3) is 4.15. The Hall–Kier alpha value is -1.43. The van der Waals surface area contributed by atoms with Crippen molar-refractivity contribution >= 4 is 28.3 Å². The third-order valence-corrected chi connectivity index (χ3v) is 4.73. The molecule has 1 fully saturated rings. The summed E-state index contributed by atoms with van der Waals surface area (Å²) in [7, 11) is 2.08. The predicted octanol–water partition coefficient (Wildman–Crippen LogP) is 3.71. The number of benzene rings is 1. The van der Waals surface area contributed by atoms with E-state index in [1.807, 2.05) is 18.2 Å². The normalized spacial score (nSPS) is 18.0. The monoisotopic (exact) mass is 348 g/mol. The van der Waals surface area contributed by atoms with E-state index in [1.165, 1.54) is 0 Å². The van der Waals surface area contributed by atoms with E-state index in [0.29, 0.717) is 17.6 Å². The number of aromatic nitrogens is 2. The first-order chi connectivity index (χ1) is 11.5. The summed E-state index contributed by atoms with van der Waals surface area (Å²) in [5, 5.41) is 5.14. The molecule has 0 amide bonds. The second-order valence-corrected chi connectivity index (χ2v) is 7.11. The van der Waals surface area contributed by atoms with Crippen LogP contribution in [0, 0.1) is 0 Å². The van der Waals surface area contributed by atoms with Crippen LogP contribution in [0.5, 0.6) is 0 Å². The van der Waals surface area contributed by atoms with Crippen LogP contribution in [0.15, 0.2) is 18.2 Å². The van der Waals surface area contributed by atoms with Crippen molar-refractivity contribution in [2.75, 3.05) is 25.5 Å². The molecule has 5 nitrogen and oxygen atoms in total. The van der Waals surface area contributed by atoms with Gasteiger partial charge in [-0.25, -0.2) is 9.97 Å². The molecule has 130 valence electrons. The number of hydrogen-bond acceptors (Lipinski definition) is 5. The molecule has 1 saturated heterocycles. The highest BCUT2D eigenvalue weighted by atomic mass is 35.5. The van der Waals surface area contributed by atoms with Crippen LogP contribution >= 0.6 is 11.6 Å². The predicted molar refractivity (Wildman–Crippen MR) is 98.6 cm³/mol. The van der Waals surface area contributed by atoms with Crippen LogP contribution in [0.1, 0.15) is 32.5 Å². The maximum Gasteiger partial charge on any atom is 0.145 e. The third-order valence-electron chi connectivity index (χ3n) is 4.50. The molecule has 0 saturated carbocycles. The van der Waals surface area contributed by atoms with Crippen molar-refractivity contribution < 1.29 is 4.74 Å². The van der Waals surface area contributed by atoms with Gasteiger partial charge < -0.3 is 10.1 Å². The van der Waals surface area contributed by atoms with Crippen LogP contribution in [-0.2, 0) is 11.3 Å². The molecule has 2 heterocycles. The van der Waals surface area contributed by atoms with Gasteiger partial charge in [0.05, 0.1) is 18.2 Å². The van der Waals surface area contributed by atoms with E-state index in [-0.39, 0.29) is 6.10 Å². The zero-order valence-corrected chi connectivity index (χ0v) is 15.3. The van der Waals surface area contributed by atoms with Crippen molar-refractivity contribution in [1.29, 1.82) is 0 Å². The van der Waals surface area contributed by atoms with Crippen LogP contribution in [0.4, 0.5) is 5.82 Å². The number of hydrogen-bond donors (Lipinski definition) is 1. The highest BCUT2D eigenvalue weighted by Crippen LogP contribution is 2.25. The molecule has 1 aromatic heterocycles. The molecule has 6 heteroatoms. The molecule has 1 aromatic carbocycles. The zero-order valence-electron chi connectivity index (χ0n) is 14.6. The molecule has 0 radical (unpaired) electrons. The minimum absolute atomic E-state index is 0.268. The zero-order chi connectivity index (χ0) is 17.1. The molecule has 1 atom stereocenters. The van der Waals surface area contributed by atoms with Crippen LogP contribution in [0.3, 0.4) is 0 Å². The van der Waals surface area contributed by atoms with Gasteiger partial charge >= 0.3 is 0 Å². The van der Waals surface area contributed by atoms with E-state index in [0.717, 1.165) is 48.5 Å². The van der Waals surface area contributed by atoms with E-state index < -0.39 is 0 Å². The van der Waals surface area contributed by atoms with Gasteiger partial charge in [-0.15, -0.1) is 0 Å². The second-order valence-electron chi connectivity index (χ2n) is 6.67. The van der Waals surface area contributed by atoms with Gasteiger partial charge in [-0.05, 0) is 51.9 Å². The molecular formula is C18H25ClN4O. The fraction of sp³-hybridized carbons (Fsp3) is 0.556. The summed E-state index contributed by atoms with van der Waals surface area (Å²) in [4.78, 5) is 11.7. The summed E-state index contributed by atoms with van der Waals surface area (Å²) in [5.41, 5.74) is 0.875. The highest BCUT2D eigenvalue weighted by molar-refractivity contribution is 6.31. The summed E-state index contributed by atoms with van der Waals surface area (Å²) < 4.78 is 5.70. The molecule has 24 heavy (non-hydrogen) atoms. The summed E-state index contributed by atoms with van der Waals surface area (Å²) in [6.07, 6.45) is 2.51. The lowest BCUT2D eigenvalue weighted by molar-refractivity contribution is 0.120. The number of nitrogens with zero attached hydrogens (tertiary/aromatic N) is 3. The van der Waals surface area contributed by atoms with Gasteiger partial charge in [0.15, 0.2) is 0 Å². The van der Waals surface area contributed by atoms with Gasteiger partial charge in [-0.1, -0.05) is 11.6 Å². The van der Waals surface area contributed by atoms with Crippen molar-refractivity contribution in [3.8, 4) is 0 Å². The van der Waals surface area contributed by atoms with Crippen molar-refractivity contribution in [3.05, 3.63) is 29.0 Å². The SMILES string of the molecule is CC(C)N(C)Cc1nc(NCC2CCCO2)c2ccc(Cl)cc2n1. The van der Waals surface area contributed by atoms with Gasteiger partial charge in [0.1, 0.15) is 11.6 Å².